The predicted molar refractivity (Wildman–Crippen MR) is 96.2 cm³/mol. The van der Waals surface area contributed by atoms with Crippen LogP contribution < -0.4 is 5.32 Å². The fourth-order valence-corrected chi connectivity index (χ4v) is 2.79. The number of aliphatic hydroxyl groups is 5. The molecule has 5 atom stereocenters. The Morgan fingerprint density at radius 3 is 2.36 bits per heavy atom. The van der Waals surface area contributed by atoms with Crippen molar-refractivity contribution in [1.82, 2.24) is 9.97 Å². The molecule has 3 rings (SSSR count). The van der Waals surface area contributed by atoms with Gasteiger partial charge in [-0.2, -0.15) is 0 Å². The van der Waals surface area contributed by atoms with Crippen LogP contribution in [0.1, 0.15) is 11.4 Å². The van der Waals surface area contributed by atoms with Crippen molar-refractivity contribution in [3.8, 4) is 0 Å². The standard InChI is InChI=1S/C18H23N3O7/c22-7-11-6-12(21-18(20-11)19-10-4-2-1-3-5-10)9-27-17-16(26)15(25)14(24)13(8-23)28-17/h1-6,13-17,22-26H,7-9H2,(H,19,20,21)/t13-,14-,15+,16-,17-/m1/s1. The zero-order chi connectivity index (χ0) is 20.1. The van der Waals surface area contributed by atoms with Gasteiger partial charge < -0.3 is 40.3 Å². The molecule has 0 saturated carbocycles. The monoisotopic (exact) mass is 393 g/mol. The lowest BCUT2D eigenvalue weighted by atomic mass is 9.99. The summed E-state index contributed by atoms with van der Waals surface area (Å²) in [5, 5.41) is 51.3. The number of para-hydroxylation sites is 1. The van der Waals surface area contributed by atoms with Gasteiger partial charge in [0.2, 0.25) is 5.95 Å². The van der Waals surface area contributed by atoms with E-state index in [0.29, 0.717) is 11.4 Å². The second-order valence-electron chi connectivity index (χ2n) is 6.33. The molecular formula is C18H23N3O7. The van der Waals surface area contributed by atoms with E-state index in [9.17, 15) is 25.5 Å². The number of aromatic nitrogens is 2. The molecule has 10 nitrogen and oxygen atoms in total. The van der Waals surface area contributed by atoms with Crippen molar-refractivity contribution < 1.29 is 35.0 Å². The molecule has 6 N–H and O–H groups in total. The molecule has 152 valence electrons. The Morgan fingerprint density at radius 1 is 0.964 bits per heavy atom. The van der Waals surface area contributed by atoms with Gasteiger partial charge in [0, 0.05) is 5.69 Å². The molecule has 1 aliphatic heterocycles. The lowest BCUT2D eigenvalue weighted by Gasteiger charge is -2.39. The summed E-state index contributed by atoms with van der Waals surface area (Å²) in [6.45, 7) is -0.973. The third-order valence-electron chi connectivity index (χ3n) is 4.27. The largest absolute Gasteiger partial charge is 0.394 e. The van der Waals surface area contributed by atoms with E-state index in [1.807, 2.05) is 30.3 Å². The van der Waals surface area contributed by atoms with Gasteiger partial charge >= 0.3 is 0 Å². The second kappa shape index (κ2) is 9.34. The summed E-state index contributed by atoms with van der Waals surface area (Å²) < 4.78 is 10.8. The molecule has 0 unspecified atom stereocenters. The van der Waals surface area contributed by atoms with Crippen LogP contribution in [-0.2, 0) is 22.7 Å². The average molecular weight is 393 g/mol. The van der Waals surface area contributed by atoms with Crippen LogP contribution in [0.2, 0.25) is 0 Å². The minimum atomic E-state index is -1.52. The molecule has 0 amide bonds. The van der Waals surface area contributed by atoms with E-state index in [-0.39, 0.29) is 19.2 Å². The van der Waals surface area contributed by atoms with Gasteiger partial charge in [0.15, 0.2) is 6.29 Å². The average Bonchev–Trinajstić information content (AvgIpc) is 2.72. The van der Waals surface area contributed by atoms with Crippen LogP contribution in [0.5, 0.6) is 0 Å². The number of nitrogens with one attached hydrogen (secondary N) is 1. The van der Waals surface area contributed by atoms with Crippen molar-refractivity contribution in [2.45, 2.75) is 43.9 Å². The molecule has 0 radical (unpaired) electrons. The molecule has 1 fully saturated rings. The number of ether oxygens (including phenoxy) is 2. The third-order valence-corrected chi connectivity index (χ3v) is 4.27. The van der Waals surface area contributed by atoms with Gasteiger partial charge in [-0.15, -0.1) is 0 Å². The van der Waals surface area contributed by atoms with Crippen LogP contribution in [-0.4, -0.2) is 72.8 Å². The minimum Gasteiger partial charge on any atom is -0.394 e. The van der Waals surface area contributed by atoms with E-state index >= 15 is 0 Å². The zero-order valence-electron chi connectivity index (χ0n) is 14.9. The summed E-state index contributed by atoms with van der Waals surface area (Å²) in [4.78, 5) is 8.49. The SMILES string of the molecule is OCc1cc(CO[C@@H]2O[C@H](CO)[C@@H](O)[C@H](O)[C@H]2O)nc(Nc2ccccc2)n1. The number of rotatable bonds is 7. The minimum absolute atomic E-state index is 0.123. The first-order valence-corrected chi connectivity index (χ1v) is 8.73. The maximum Gasteiger partial charge on any atom is 0.227 e. The van der Waals surface area contributed by atoms with Crippen molar-refractivity contribution in [3.63, 3.8) is 0 Å². The van der Waals surface area contributed by atoms with E-state index < -0.39 is 37.3 Å². The highest BCUT2D eigenvalue weighted by molar-refractivity contribution is 5.52. The second-order valence-corrected chi connectivity index (χ2v) is 6.33. The van der Waals surface area contributed by atoms with Gasteiger partial charge in [-0.05, 0) is 18.2 Å². The topological polar surface area (TPSA) is 157 Å². The summed E-state index contributed by atoms with van der Waals surface area (Å²) in [7, 11) is 0. The highest BCUT2D eigenvalue weighted by atomic mass is 16.7. The lowest BCUT2D eigenvalue weighted by molar-refractivity contribution is -0.304. The van der Waals surface area contributed by atoms with Crippen molar-refractivity contribution in [1.29, 1.82) is 0 Å². The van der Waals surface area contributed by atoms with Crippen molar-refractivity contribution in [2.24, 2.45) is 0 Å². The fraction of sp³-hybridized carbons (Fsp3) is 0.444. The lowest BCUT2D eigenvalue weighted by Crippen LogP contribution is -2.59. The quantitative estimate of drug-likeness (QED) is 0.346. The fourth-order valence-electron chi connectivity index (χ4n) is 2.79. The van der Waals surface area contributed by atoms with Crippen LogP contribution in [0.25, 0.3) is 0 Å². The van der Waals surface area contributed by atoms with E-state index in [0.717, 1.165) is 5.69 Å². The van der Waals surface area contributed by atoms with Crippen LogP contribution in [0.3, 0.4) is 0 Å². The molecule has 28 heavy (non-hydrogen) atoms. The molecular weight excluding hydrogens is 370 g/mol. The molecule has 1 aliphatic rings. The van der Waals surface area contributed by atoms with Gasteiger partial charge in [0.25, 0.3) is 0 Å². The van der Waals surface area contributed by atoms with Crippen molar-refractivity contribution in [3.05, 3.63) is 47.8 Å². The normalized spacial score (nSPS) is 27.5. The van der Waals surface area contributed by atoms with Gasteiger partial charge in [-0.25, -0.2) is 9.97 Å². The Hall–Kier alpha value is -2.18. The molecule has 2 aromatic rings. The summed E-state index contributed by atoms with van der Waals surface area (Å²) >= 11 is 0. The highest BCUT2D eigenvalue weighted by Gasteiger charge is 2.44. The number of anilines is 2. The van der Waals surface area contributed by atoms with Crippen LogP contribution in [0.15, 0.2) is 36.4 Å². The zero-order valence-corrected chi connectivity index (χ0v) is 14.9. The molecule has 10 heteroatoms. The Balaban J connectivity index is 1.70. The Kier molecular flexibility index (Phi) is 6.86. The Labute approximate surface area is 161 Å². The van der Waals surface area contributed by atoms with Gasteiger partial charge in [-0.3, -0.25) is 0 Å². The molecule has 2 heterocycles. The summed E-state index contributed by atoms with van der Waals surface area (Å²) in [6.07, 6.45) is -6.81. The molecule has 1 saturated heterocycles. The summed E-state index contributed by atoms with van der Waals surface area (Å²) in [5.74, 6) is 0.255. The third kappa shape index (κ3) is 4.80. The van der Waals surface area contributed by atoms with E-state index in [1.165, 1.54) is 6.07 Å². The number of hydrogen-bond acceptors (Lipinski definition) is 10. The summed E-state index contributed by atoms with van der Waals surface area (Å²) in [5.41, 5.74) is 1.52. The van der Waals surface area contributed by atoms with Crippen LogP contribution in [0, 0.1) is 0 Å². The van der Waals surface area contributed by atoms with Crippen LogP contribution in [0.4, 0.5) is 11.6 Å². The first kappa shape index (κ1) is 20.6. The molecule has 1 aromatic heterocycles. The van der Waals surface area contributed by atoms with Crippen molar-refractivity contribution in [2.75, 3.05) is 11.9 Å². The van der Waals surface area contributed by atoms with Crippen molar-refractivity contribution >= 4 is 11.6 Å². The first-order chi connectivity index (χ1) is 13.5. The molecule has 0 bridgehead atoms. The Bertz CT molecular complexity index is 762. The molecule has 0 aliphatic carbocycles. The Morgan fingerprint density at radius 2 is 1.68 bits per heavy atom. The molecule has 0 spiro atoms. The van der Waals surface area contributed by atoms with E-state index in [2.05, 4.69) is 15.3 Å². The molecule has 1 aromatic carbocycles. The number of hydrogen-bond donors (Lipinski definition) is 6. The van der Waals surface area contributed by atoms with Crippen LogP contribution >= 0.6 is 0 Å². The van der Waals surface area contributed by atoms with E-state index in [1.54, 1.807) is 0 Å². The number of benzene rings is 1. The number of nitrogens with zero attached hydrogens (tertiary/aromatic N) is 2. The predicted octanol–water partition coefficient (Wildman–Crippen LogP) is -0.971. The smallest absolute Gasteiger partial charge is 0.227 e. The first-order valence-electron chi connectivity index (χ1n) is 8.73. The summed E-state index contributed by atoms with van der Waals surface area (Å²) in [6, 6.07) is 10.8. The number of aliphatic hydroxyl groups excluding tert-OH is 5. The van der Waals surface area contributed by atoms with E-state index in [4.69, 9.17) is 9.47 Å². The highest BCUT2D eigenvalue weighted by Crippen LogP contribution is 2.23. The van der Waals surface area contributed by atoms with Gasteiger partial charge in [-0.1, -0.05) is 18.2 Å². The maximum absolute atomic E-state index is 10.0. The van der Waals surface area contributed by atoms with Gasteiger partial charge in [0.05, 0.1) is 31.2 Å². The van der Waals surface area contributed by atoms with Gasteiger partial charge in [0.1, 0.15) is 24.4 Å². The maximum atomic E-state index is 10.0.